The van der Waals surface area contributed by atoms with Crippen LogP contribution in [0.5, 0.6) is 0 Å². The lowest BCUT2D eigenvalue weighted by Crippen LogP contribution is -2.41. The molecule has 0 spiro atoms. The van der Waals surface area contributed by atoms with Gasteiger partial charge in [-0.2, -0.15) is 0 Å². The van der Waals surface area contributed by atoms with Crippen molar-refractivity contribution in [2.24, 2.45) is 0 Å². The minimum absolute atomic E-state index is 0.127. The number of carbonyl (C=O) groups is 2. The fraction of sp³-hybridized carbons (Fsp3) is 0.429. The SMILES string of the molecule is CCOC(=O)CN(CCOC)C(=O)Nc1ccc(N)cc1. The maximum absolute atomic E-state index is 12.2. The van der Waals surface area contributed by atoms with E-state index < -0.39 is 12.0 Å². The van der Waals surface area contributed by atoms with Gasteiger partial charge in [-0.05, 0) is 31.2 Å². The second-order valence-electron chi connectivity index (χ2n) is 4.27. The van der Waals surface area contributed by atoms with Crippen LogP contribution in [0.3, 0.4) is 0 Å². The molecule has 2 amide bonds. The van der Waals surface area contributed by atoms with Gasteiger partial charge in [0.25, 0.3) is 0 Å². The molecule has 1 aromatic carbocycles. The number of rotatable bonds is 7. The molecule has 0 fully saturated rings. The van der Waals surface area contributed by atoms with Crippen LogP contribution in [-0.2, 0) is 14.3 Å². The first-order chi connectivity index (χ1) is 10.1. The number of methoxy groups -OCH3 is 1. The molecule has 0 heterocycles. The predicted octanol–water partition coefficient (Wildman–Crippen LogP) is 1.31. The molecule has 1 rings (SSSR count). The average molecular weight is 295 g/mol. The van der Waals surface area contributed by atoms with Gasteiger partial charge in [-0.15, -0.1) is 0 Å². The number of benzene rings is 1. The average Bonchev–Trinajstić information content (AvgIpc) is 2.46. The van der Waals surface area contributed by atoms with Crippen molar-refractivity contribution in [3.8, 4) is 0 Å². The van der Waals surface area contributed by atoms with Gasteiger partial charge in [0.15, 0.2) is 0 Å². The van der Waals surface area contributed by atoms with E-state index in [1.54, 1.807) is 31.2 Å². The number of hydrogen-bond donors (Lipinski definition) is 2. The standard InChI is InChI=1S/C14H21N3O4/c1-3-21-13(18)10-17(8-9-20-2)14(19)16-12-6-4-11(15)5-7-12/h4-7H,3,8-10,15H2,1-2H3,(H,16,19). The highest BCUT2D eigenvalue weighted by molar-refractivity contribution is 5.91. The van der Waals surface area contributed by atoms with E-state index in [1.807, 2.05) is 0 Å². The molecule has 0 aliphatic rings. The summed E-state index contributed by atoms with van der Waals surface area (Å²) in [4.78, 5) is 25.0. The Labute approximate surface area is 124 Å². The van der Waals surface area contributed by atoms with E-state index in [2.05, 4.69) is 5.32 Å². The summed E-state index contributed by atoms with van der Waals surface area (Å²) in [5, 5.41) is 2.69. The van der Waals surface area contributed by atoms with Gasteiger partial charge in [-0.1, -0.05) is 0 Å². The smallest absolute Gasteiger partial charge is 0.325 e. The number of anilines is 2. The van der Waals surface area contributed by atoms with E-state index in [0.29, 0.717) is 18.0 Å². The zero-order chi connectivity index (χ0) is 15.7. The highest BCUT2D eigenvalue weighted by Crippen LogP contribution is 2.11. The molecule has 0 aliphatic carbocycles. The Balaban J connectivity index is 2.65. The lowest BCUT2D eigenvalue weighted by molar-refractivity contribution is -0.143. The summed E-state index contributed by atoms with van der Waals surface area (Å²) in [6.07, 6.45) is 0. The highest BCUT2D eigenvalue weighted by Gasteiger charge is 2.17. The molecule has 21 heavy (non-hydrogen) atoms. The van der Waals surface area contributed by atoms with E-state index in [1.165, 1.54) is 12.0 Å². The van der Waals surface area contributed by atoms with Gasteiger partial charge in [-0.3, -0.25) is 4.79 Å². The van der Waals surface area contributed by atoms with Crippen LogP contribution in [0.2, 0.25) is 0 Å². The summed E-state index contributed by atoms with van der Waals surface area (Å²) < 4.78 is 9.79. The fourth-order valence-electron chi connectivity index (χ4n) is 1.59. The first-order valence-electron chi connectivity index (χ1n) is 6.62. The van der Waals surface area contributed by atoms with E-state index in [0.717, 1.165) is 0 Å². The molecule has 0 unspecified atom stereocenters. The zero-order valence-electron chi connectivity index (χ0n) is 12.3. The molecule has 0 saturated heterocycles. The van der Waals surface area contributed by atoms with Crippen LogP contribution in [0.15, 0.2) is 24.3 Å². The van der Waals surface area contributed by atoms with Crippen LogP contribution in [0.4, 0.5) is 16.2 Å². The lowest BCUT2D eigenvalue weighted by atomic mass is 10.3. The monoisotopic (exact) mass is 295 g/mol. The third-order valence-corrected chi connectivity index (χ3v) is 2.64. The molecule has 116 valence electrons. The van der Waals surface area contributed by atoms with Crippen LogP contribution in [-0.4, -0.2) is 50.3 Å². The van der Waals surface area contributed by atoms with Gasteiger partial charge in [-0.25, -0.2) is 4.79 Å². The van der Waals surface area contributed by atoms with Crippen molar-refractivity contribution in [1.82, 2.24) is 4.90 Å². The maximum Gasteiger partial charge on any atom is 0.325 e. The van der Waals surface area contributed by atoms with Crippen LogP contribution < -0.4 is 11.1 Å². The minimum atomic E-state index is -0.457. The van der Waals surface area contributed by atoms with Crippen molar-refractivity contribution in [2.45, 2.75) is 6.92 Å². The van der Waals surface area contributed by atoms with Crippen molar-refractivity contribution < 1.29 is 19.1 Å². The summed E-state index contributed by atoms with van der Waals surface area (Å²) in [6, 6.07) is 6.34. The van der Waals surface area contributed by atoms with Crippen molar-refractivity contribution >= 4 is 23.4 Å². The first kappa shape index (κ1) is 16.8. The summed E-state index contributed by atoms with van der Waals surface area (Å²) in [5.41, 5.74) is 6.79. The van der Waals surface area contributed by atoms with Gasteiger partial charge >= 0.3 is 12.0 Å². The van der Waals surface area contributed by atoms with Gasteiger partial charge < -0.3 is 25.4 Å². The number of esters is 1. The third-order valence-electron chi connectivity index (χ3n) is 2.64. The second-order valence-corrected chi connectivity index (χ2v) is 4.27. The Hall–Kier alpha value is -2.28. The first-order valence-corrected chi connectivity index (χ1v) is 6.62. The van der Waals surface area contributed by atoms with E-state index in [-0.39, 0.29) is 19.7 Å². The van der Waals surface area contributed by atoms with E-state index in [9.17, 15) is 9.59 Å². The maximum atomic E-state index is 12.2. The Morgan fingerprint density at radius 1 is 1.29 bits per heavy atom. The Morgan fingerprint density at radius 2 is 1.95 bits per heavy atom. The molecule has 3 N–H and O–H groups in total. The summed E-state index contributed by atoms with van der Waals surface area (Å²) in [7, 11) is 1.53. The Bertz CT molecular complexity index is 462. The molecular weight excluding hydrogens is 274 g/mol. The lowest BCUT2D eigenvalue weighted by Gasteiger charge is -2.21. The van der Waals surface area contributed by atoms with Gasteiger partial charge in [0.05, 0.1) is 13.2 Å². The predicted molar refractivity (Wildman–Crippen MR) is 80.0 cm³/mol. The zero-order valence-corrected chi connectivity index (χ0v) is 12.3. The number of nitrogens with zero attached hydrogens (tertiary/aromatic N) is 1. The van der Waals surface area contributed by atoms with Crippen LogP contribution >= 0.6 is 0 Å². The van der Waals surface area contributed by atoms with E-state index >= 15 is 0 Å². The van der Waals surface area contributed by atoms with Crippen molar-refractivity contribution in [1.29, 1.82) is 0 Å². The van der Waals surface area contributed by atoms with Crippen LogP contribution in [0.1, 0.15) is 6.92 Å². The topological polar surface area (TPSA) is 93.9 Å². The Morgan fingerprint density at radius 3 is 2.52 bits per heavy atom. The number of nitrogens with one attached hydrogen (secondary N) is 1. The number of ether oxygens (including phenoxy) is 2. The van der Waals surface area contributed by atoms with E-state index in [4.69, 9.17) is 15.2 Å². The molecule has 0 atom stereocenters. The van der Waals surface area contributed by atoms with Crippen molar-refractivity contribution in [3.63, 3.8) is 0 Å². The number of urea groups is 1. The molecule has 7 heteroatoms. The second kappa shape index (κ2) is 8.80. The number of nitrogens with two attached hydrogens (primary N) is 1. The summed E-state index contributed by atoms with van der Waals surface area (Å²) >= 11 is 0. The molecular formula is C14H21N3O4. The molecule has 0 saturated carbocycles. The number of carbonyl (C=O) groups excluding carboxylic acids is 2. The van der Waals surface area contributed by atoms with Crippen molar-refractivity contribution in [2.75, 3.05) is 44.5 Å². The normalized spacial score (nSPS) is 10.0. The van der Waals surface area contributed by atoms with Crippen molar-refractivity contribution in [3.05, 3.63) is 24.3 Å². The molecule has 0 aromatic heterocycles. The number of amides is 2. The number of nitrogen functional groups attached to an aromatic ring is 1. The van der Waals surface area contributed by atoms with Crippen LogP contribution in [0.25, 0.3) is 0 Å². The van der Waals surface area contributed by atoms with Crippen LogP contribution in [0, 0.1) is 0 Å². The highest BCUT2D eigenvalue weighted by atomic mass is 16.5. The van der Waals surface area contributed by atoms with Gasteiger partial charge in [0, 0.05) is 25.0 Å². The number of hydrogen-bond acceptors (Lipinski definition) is 5. The quantitative estimate of drug-likeness (QED) is 0.584. The third kappa shape index (κ3) is 6.13. The summed E-state index contributed by atoms with van der Waals surface area (Å²) in [5.74, 6) is -0.457. The largest absolute Gasteiger partial charge is 0.465 e. The Kier molecular flexibility index (Phi) is 7.03. The molecule has 0 bridgehead atoms. The molecule has 0 aliphatic heterocycles. The molecule has 0 radical (unpaired) electrons. The van der Waals surface area contributed by atoms with Gasteiger partial charge in [0.2, 0.25) is 0 Å². The summed E-state index contributed by atoms with van der Waals surface area (Å²) in [6.45, 7) is 2.48. The fourth-order valence-corrected chi connectivity index (χ4v) is 1.59. The molecule has 1 aromatic rings. The van der Waals surface area contributed by atoms with Gasteiger partial charge in [0.1, 0.15) is 6.54 Å². The minimum Gasteiger partial charge on any atom is -0.465 e. The molecule has 7 nitrogen and oxygen atoms in total.